The van der Waals surface area contributed by atoms with E-state index in [0.29, 0.717) is 19.4 Å². The van der Waals surface area contributed by atoms with Crippen LogP contribution in [0.4, 0.5) is 4.39 Å². The van der Waals surface area contributed by atoms with Crippen LogP contribution >= 0.6 is 0 Å². The molecular weight excluding hydrogens is 245 g/mol. The van der Waals surface area contributed by atoms with E-state index in [1.165, 1.54) is 7.11 Å². The summed E-state index contributed by atoms with van der Waals surface area (Å²) in [4.78, 5) is 0. The Labute approximate surface area is 104 Å². The highest BCUT2D eigenvalue weighted by molar-refractivity contribution is 7.91. The van der Waals surface area contributed by atoms with Crippen molar-refractivity contribution >= 4 is 9.84 Å². The van der Waals surface area contributed by atoms with Crippen LogP contribution in [0.15, 0.2) is 0 Å². The second-order valence-electron chi connectivity index (χ2n) is 4.38. The number of hydrogen-bond acceptors (Lipinski definition) is 4. The molecule has 0 aliphatic carbocycles. The molecule has 17 heavy (non-hydrogen) atoms. The van der Waals surface area contributed by atoms with Crippen molar-refractivity contribution in [2.24, 2.45) is 5.73 Å². The molecule has 0 spiro atoms. The Balaban J connectivity index is 4.34. The normalized spacial score (nSPS) is 15.8. The molecule has 0 aliphatic heterocycles. The second kappa shape index (κ2) is 8.00. The van der Waals surface area contributed by atoms with Gasteiger partial charge >= 0.3 is 0 Å². The average molecular weight is 269 g/mol. The third kappa shape index (κ3) is 7.68. The van der Waals surface area contributed by atoms with Gasteiger partial charge in [-0.3, -0.25) is 0 Å². The van der Waals surface area contributed by atoms with Gasteiger partial charge in [-0.2, -0.15) is 0 Å². The van der Waals surface area contributed by atoms with Crippen molar-refractivity contribution in [3.63, 3.8) is 0 Å². The molecule has 0 heterocycles. The summed E-state index contributed by atoms with van der Waals surface area (Å²) < 4.78 is 42.2. The largest absolute Gasteiger partial charge is 0.381 e. The fourth-order valence-electron chi connectivity index (χ4n) is 1.70. The number of ether oxygens (including phenoxy) is 1. The summed E-state index contributed by atoms with van der Waals surface area (Å²) in [6, 6.07) is 0. The third-order valence-electron chi connectivity index (χ3n) is 2.61. The fraction of sp³-hybridized carbons (Fsp3) is 1.00. The number of methoxy groups -OCH3 is 1. The van der Waals surface area contributed by atoms with Crippen molar-refractivity contribution in [1.82, 2.24) is 0 Å². The van der Waals surface area contributed by atoms with E-state index in [1.807, 2.05) is 0 Å². The summed E-state index contributed by atoms with van der Waals surface area (Å²) in [5, 5.41) is 0. The molecular formula is C11H24FNO3S. The van der Waals surface area contributed by atoms with Crippen LogP contribution in [-0.2, 0) is 14.6 Å². The first-order valence-corrected chi connectivity index (χ1v) is 7.79. The lowest BCUT2D eigenvalue weighted by Crippen LogP contribution is -2.32. The van der Waals surface area contributed by atoms with E-state index >= 15 is 0 Å². The van der Waals surface area contributed by atoms with E-state index in [2.05, 4.69) is 0 Å². The van der Waals surface area contributed by atoms with Gasteiger partial charge in [-0.05, 0) is 32.2 Å². The van der Waals surface area contributed by atoms with E-state index in [9.17, 15) is 12.8 Å². The van der Waals surface area contributed by atoms with Gasteiger partial charge in [0.1, 0.15) is 15.5 Å². The average Bonchev–Trinajstić information content (AvgIpc) is 2.25. The van der Waals surface area contributed by atoms with E-state index in [4.69, 9.17) is 10.5 Å². The maximum atomic E-state index is 14.3. The Morgan fingerprint density at radius 2 is 1.94 bits per heavy atom. The van der Waals surface area contributed by atoms with Crippen LogP contribution in [0.1, 0.15) is 32.6 Å². The lowest BCUT2D eigenvalue weighted by molar-refractivity contribution is 0.0309. The first kappa shape index (κ1) is 16.8. The number of sulfone groups is 1. The van der Waals surface area contributed by atoms with Crippen LogP contribution in [0.3, 0.4) is 0 Å². The van der Waals surface area contributed by atoms with E-state index in [-0.39, 0.29) is 31.0 Å². The maximum Gasteiger partial charge on any atom is 0.150 e. The molecule has 0 aromatic carbocycles. The smallest absolute Gasteiger partial charge is 0.150 e. The summed E-state index contributed by atoms with van der Waals surface area (Å²) in [7, 11) is -1.72. The Morgan fingerprint density at radius 1 is 1.29 bits per heavy atom. The lowest BCUT2D eigenvalue weighted by Gasteiger charge is -2.24. The highest BCUT2D eigenvalue weighted by Gasteiger charge is 2.30. The van der Waals surface area contributed by atoms with Crippen molar-refractivity contribution in [3.05, 3.63) is 0 Å². The van der Waals surface area contributed by atoms with Gasteiger partial charge in [-0.15, -0.1) is 0 Å². The SMILES string of the molecule is CCCS(=O)(=O)CCC(F)(CCCN)COC. The molecule has 0 rings (SSSR count). The monoisotopic (exact) mass is 269 g/mol. The number of alkyl halides is 1. The molecule has 0 radical (unpaired) electrons. The molecule has 1 atom stereocenters. The van der Waals surface area contributed by atoms with Gasteiger partial charge in [-0.25, -0.2) is 12.8 Å². The summed E-state index contributed by atoms with van der Waals surface area (Å²) in [6.07, 6.45) is 1.34. The van der Waals surface area contributed by atoms with Crippen molar-refractivity contribution in [2.75, 3.05) is 31.8 Å². The van der Waals surface area contributed by atoms with Crippen LogP contribution < -0.4 is 5.73 Å². The first-order chi connectivity index (χ1) is 7.89. The zero-order valence-corrected chi connectivity index (χ0v) is 11.6. The molecule has 0 bridgehead atoms. The van der Waals surface area contributed by atoms with Gasteiger partial charge in [0.2, 0.25) is 0 Å². The molecule has 0 fully saturated rings. The number of nitrogens with two attached hydrogens (primary N) is 1. The summed E-state index contributed by atoms with van der Waals surface area (Å²) in [5.74, 6) is -0.00176. The van der Waals surface area contributed by atoms with Crippen LogP contribution in [0, 0.1) is 0 Å². The van der Waals surface area contributed by atoms with Crippen molar-refractivity contribution < 1.29 is 17.5 Å². The summed E-state index contributed by atoms with van der Waals surface area (Å²) in [5.41, 5.74) is 3.76. The molecule has 2 N–H and O–H groups in total. The Kier molecular flexibility index (Phi) is 7.91. The lowest BCUT2D eigenvalue weighted by atomic mass is 9.98. The van der Waals surface area contributed by atoms with Gasteiger partial charge in [0.15, 0.2) is 0 Å². The maximum absolute atomic E-state index is 14.3. The highest BCUT2D eigenvalue weighted by Crippen LogP contribution is 2.24. The fourth-order valence-corrected chi connectivity index (χ4v) is 3.20. The van der Waals surface area contributed by atoms with Crippen LogP contribution in [0.2, 0.25) is 0 Å². The van der Waals surface area contributed by atoms with E-state index in [1.54, 1.807) is 6.92 Å². The zero-order chi connectivity index (χ0) is 13.4. The van der Waals surface area contributed by atoms with Crippen LogP contribution in [0.5, 0.6) is 0 Å². The Hall–Kier alpha value is -0.200. The minimum absolute atomic E-state index is 0.0107. The quantitative estimate of drug-likeness (QED) is 0.649. The second-order valence-corrected chi connectivity index (χ2v) is 6.68. The van der Waals surface area contributed by atoms with Gasteiger partial charge in [0, 0.05) is 12.9 Å². The standard InChI is InChI=1S/C11H24FNO3S/c1-3-8-17(14,15)9-6-11(12,10-16-2)5-4-7-13/h3-10,13H2,1-2H3. The summed E-state index contributed by atoms with van der Waals surface area (Å²) >= 11 is 0. The molecule has 6 heteroatoms. The molecule has 0 amide bonds. The summed E-state index contributed by atoms with van der Waals surface area (Å²) in [6.45, 7) is 2.12. The van der Waals surface area contributed by atoms with Crippen LogP contribution in [-0.4, -0.2) is 45.9 Å². The van der Waals surface area contributed by atoms with Crippen LogP contribution in [0.25, 0.3) is 0 Å². The molecule has 0 aliphatic rings. The van der Waals surface area contributed by atoms with Crippen molar-refractivity contribution in [3.8, 4) is 0 Å². The minimum Gasteiger partial charge on any atom is -0.381 e. The van der Waals surface area contributed by atoms with Crippen molar-refractivity contribution in [1.29, 1.82) is 0 Å². The molecule has 0 saturated carbocycles. The van der Waals surface area contributed by atoms with Gasteiger partial charge < -0.3 is 10.5 Å². The predicted molar refractivity (Wildman–Crippen MR) is 67.6 cm³/mol. The van der Waals surface area contributed by atoms with E-state index in [0.717, 1.165) is 0 Å². The minimum atomic E-state index is -3.13. The number of rotatable bonds is 10. The predicted octanol–water partition coefficient (Wildman–Crippen LogP) is 1.29. The molecule has 4 nitrogen and oxygen atoms in total. The molecule has 0 saturated heterocycles. The Bertz CT molecular complexity index is 295. The van der Waals surface area contributed by atoms with Gasteiger partial charge in [0.25, 0.3) is 0 Å². The third-order valence-corrected chi connectivity index (χ3v) is 4.46. The molecule has 0 aromatic rings. The molecule has 1 unspecified atom stereocenters. The topological polar surface area (TPSA) is 69.4 Å². The number of halogens is 1. The number of hydrogen-bond donors (Lipinski definition) is 1. The van der Waals surface area contributed by atoms with Crippen molar-refractivity contribution in [2.45, 2.75) is 38.3 Å². The van der Waals surface area contributed by atoms with Gasteiger partial charge in [-0.1, -0.05) is 6.92 Å². The van der Waals surface area contributed by atoms with Gasteiger partial charge in [0.05, 0.1) is 12.4 Å². The first-order valence-electron chi connectivity index (χ1n) is 5.97. The molecule has 104 valence electrons. The molecule has 0 aromatic heterocycles. The highest BCUT2D eigenvalue weighted by atomic mass is 32.2. The van der Waals surface area contributed by atoms with E-state index < -0.39 is 15.5 Å². The zero-order valence-electron chi connectivity index (χ0n) is 10.7. The Morgan fingerprint density at radius 3 is 2.41 bits per heavy atom.